The van der Waals surface area contributed by atoms with E-state index >= 15 is 0 Å². The molecular formula is C20H32O. The van der Waals surface area contributed by atoms with Crippen molar-refractivity contribution < 1.29 is 5.11 Å². The fraction of sp³-hybridized carbons (Fsp3) is 0.500. The lowest BCUT2D eigenvalue weighted by Gasteiger charge is -1.93. The maximum Gasteiger partial charge on any atom is 0.0751 e. The molecule has 0 aliphatic rings. The topological polar surface area (TPSA) is 20.2 Å². The Morgan fingerprint density at radius 1 is 0.571 bits per heavy atom. The second-order valence-electron chi connectivity index (χ2n) is 5.01. The molecule has 1 nitrogen and oxygen atoms in total. The molecule has 0 amide bonds. The molecule has 1 heteroatoms. The van der Waals surface area contributed by atoms with Crippen LogP contribution in [0.1, 0.15) is 64.7 Å². The number of allylic oxidation sites excluding steroid dienone is 9. The van der Waals surface area contributed by atoms with Gasteiger partial charge in [-0.05, 0) is 63.9 Å². The molecule has 0 saturated carbocycles. The highest BCUT2D eigenvalue weighted by Crippen LogP contribution is 2.03. The van der Waals surface area contributed by atoms with Crippen molar-refractivity contribution in [2.45, 2.75) is 64.7 Å². The largest absolute Gasteiger partial charge is 0.516 e. The Hall–Kier alpha value is -1.50. The summed E-state index contributed by atoms with van der Waals surface area (Å²) in [5.74, 6) is 0. The van der Waals surface area contributed by atoms with E-state index in [-0.39, 0.29) is 0 Å². The lowest BCUT2D eigenvalue weighted by Crippen LogP contribution is -1.73. The summed E-state index contributed by atoms with van der Waals surface area (Å²) in [6.45, 7) is 2.16. The Labute approximate surface area is 131 Å². The zero-order valence-electron chi connectivity index (χ0n) is 13.6. The fourth-order valence-corrected chi connectivity index (χ4v) is 1.85. The summed E-state index contributed by atoms with van der Waals surface area (Å²) >= 11 is 0. The molecule has 0 aliphatic carbocycles. The quantitative estimate of drug-likeness (QED) is 0.224. The van der Waals surface area contributed by atoms with E-state index in [2.05, 4.69) is 55.5 Å². The van der Waals surface area contributed by atoms with E-state index in [0.717, 1.165) is 38.4 Å². The molecule has 0 spiro atoms. The molecular weight excluding hydrogens is 256 g/mol. The number of aliphatic hydroxyl groups excluding tert-OH is 1. The van der Waals surface area contributed by atoms with E-state index < -0.39 is 0 Å². The smallest absolute Gasteiger partial charge is 0.0751 e. The Bertz CT molecular complexity index is 332. The Morgan fingerprint density at radius 3 is 1.57 bits per heavy atom. The van der Waals surface area contributed by atoms with Crippen molar-refractivity contribution in [1.82, 2.24) is 0 Å². The van der Waals surface area contributed by atoms with Gasteiger partial charge in [0.1, 0.15) is 0 Å². The normalized spacial score (nSPS) is 13.0. The van der Waals surface area contributed by atoms with Crippen LogP contribution in [0.15, 0.2) is 60.9 Å². The van der Waals surface area contributed by atoms with Crippen LogP contribution in [0.25, 0.3) is 0 Å². The van der Waals surface area contributed by atoms with E-state index in [9.17, 15) is 0 Å². The SMILES string of the molecule is CC/C=C\C/C=C\CCCC/C=C\C/C=C\CCC=CO. The van der Waals surface area contributed by atoms with Crippen LogP contribution in [0.3, 0.4) is 0 Å². The van der Waals surface area contributed by atoms with E-state index in [4.69, 9.17) is 5.11 Å². The molecule has 0 radical (unpaired) electrons. The van der Waals surface area contributed by atoms with Gasteiger partial charge < -0.3 is 5.11 Å². The zero-order chi connectivity index (χ0) is 15.4. The van der Waals surface area contributed by atoms with Crippen molar-refractivity contribution in [3.05, 3.63) is 60.9 Å². The van der Waals surface area contributed by atoms with Gasteiger partial charge in [-0.25, -0.2) is 0 Å². The first-order valence-electron chi connectivity index (χ1n) is 8.31. The predicted octanol–water partition coefficient (Wildman–Crippen LogP) is 6.81. The Kier molecular flexibility index (Phi) is 17.2. The predicted molar refractivity (Wildman–Crippen MR) is 95.6 cm³/mol. The molecule has 21 heavy (non-hydrogen) atoms. The summed E-state index contributed by atoms with van der Waals surface area (Å²) in [5.41, 5.74) is 0. The van der Waals surface area contributed by atoms with Crippen LogP contribution in [-0.2, 0) is 0 Å². The molecule has 0 fully saturated rings. The average molecular weight is 288 g/mol. The van der Waals surface area contributed by atoms with Crippen molar-refractivity contribution in [3.8, 4) is 0 Å². The molecule has 0 atom stereocenters. The standard InChI is InChI=1S/C20H32O/c1-2-3-4-5-6-7-8-9-10-11-12-13-14-15-16-17-18-19-20-21/h3-4,6-7,12-13,15-16,19-21H,2,5,8-11,14,17-18H2,1H3/b4-3-,7-6-,13-12-,16-15-,20-19?. The minimum Gasteiger partial charge on any atom is -0.516 e. The highest BCUT2D eigenvalue weighted by atomic mass is 16.2. The maximum absolute atomic E-state index is 8.47. The second kappa shape index (κ2) is 18.5. The van der Waals surface area contributed by atoms with Gasteiger partial charge in [0, 0.05) is 0 Å². The summed E-state index contributed by atoms with van der Waals surface area (Å²) in [4.78, 5) is 0. The van der Waals surface area contributed by atoms with E-state index in [1.807, 2.05) is 0 Å². The Balaban J connectivity index is 3.30. The van der Waals surface area contributed by atoms with Gasteiger partial charge in [0.25, 0.3) is 0 Å². The summed E-state index contributed by atoms with van der Waals surface area (Å²) in [6, 6.07) is 0. The summed E-state index contributed by atoms with van der Waals surface area (Å²) in [5, 5.41) is 8.47. The van der Waals surface area contributed by atoms with Crippen molar-refractivity contribution in [2.75, 3.05) is 0 Å². The van der Waals surface area contributed by atoms with Crippen LogP contribution in [0.4, 0.5) is 0 Å². The molecule has 0 bridgehead atoms. The van der Waals surface area contributed by atoms with Crippen molar-refractivity contribution in [3.63, 3.8) is 0 Å². The second-order valence-corrected chi connectivity index (χ2v) is 5.01. The van der Waals surface area contributed by atoms with E-state index in [1.165, 1.54) is 25.7 Å². The van der Waals surface area contributed by atoms with Gasteiger partial charge in [0.05, 0.1) is 6.26 Å². The minimum absolute atomic E-state index is 0.915. The first-order chi connectivity index (χ1) is 10.4. The van der Waals surface area contributed by atoms with Crippen LogP contribution in [0.5, 0.6) is 0 Å². The van der Waals surface area contributed by atoms with Crippen LogP contribution in [0, 0.1) is 0 Å². The van der Waals surface area contributed by atoms with Crippen molar-refractivity contribution >= 4 is 0 Å². The lowest BCUT2D eigenvalue weighted by molar-refractivity contribution is 0.471. The fourth-order valence-electron chi connectivity index (χ4n) is 1.85. The van der Waals surface area contributed by atoms with Gasteiger partial charge in [0.2, 0.25) is 0 Å². The zero-order valence-corrected chi connectivity index (χ0v) is 13.6. The lowest BCUT2D eigenvalue weighted by atomic mass is 10.1. The third-order valence-corrected chi connectivity index (χ3v) is 3.04. The number of aliphatic hydroxyl groups is 1. The molecule has 0 aromatic carbocycles. The molecule has 0 aromatic heterocycles. The molecule has 0 heterocycles. The first kappa shape index (κ1) is 19.5. The van der Waals surface area contributed by atoms with E-state index in [0.29, 0.717) is 0 Å². The van der Waals surface area contributed by atoms with Crippen molar-refractivity contribution in [2.24, 2.45) is 0 Å². The van der Waals surface area contributed by atoms with Crippen LogP contribution in [0.2, 0.25) is 0 Å². The first-order valence-corrected chi connectivity index (χ1v) is 8.31. The highest BCUT2D eigenvalue weighted by Gasteiger charge is 1.83. The molecule has 0 aromatic rings. The Morgan fingerprint density at radius 2 is 1.05 bits per heavy atom. The third kappa shape index (κ3) is 18.5. The molecule has 0 saturated heterocycles. The highest BCUT2D eigenvalue weighted by molar-refractivity contribution is 4.94. The molecule has 0 rings (SSSR count). The number of hydrogen-bond acceptors (Lipinski definition) is 1. The van der Waals surface area contributed by atoms with Gasteiger partial charge in [-0.2, -0.15) is 0 Å². The van der Waals surface area contributed by atoms with Gasteiger partial charge in [-0.15, -0.1) is 0 Å². The number of unbranched alkanes of at least 4 members (excludes halogenated alkanes) is 4. The van der Waals surface area contributed by atoms with Gasteiger partial charge >= 0.3 is 0 Å². The molecule has 118 valence electrons. The molecule has 0 aliphatic heterocycles. The molecule has 1 N–H and O–H groups in total. The molecule has 0 unspecified atom stereocenters. The summed E-state index contributed by atoms with van der Waals surface area (Å²) in [6.07, 6.45) is 30.9. The average Bonchev–Trinajstić information content (AvgIpc) is 2.50. The maximum atomic E-state index is 8.47. The van der Waals surface area contributed by atoms with Gasteiger partial charge in [-0.3, -0.25) is 0 Å². The number of rotatable bonds is 13. The van der Waals surface area contributed by atoms with Crippen LogP contribution < -0.4 is 0 Å². The third-order valence-electron chi connectivity index (χ3n) is 3.04. The monoisotopic (exact) mass is 288 g/mol. The minimum atomic E-state index is 0.915. The van der Waals surface area contributed by atoms with Crippen molar-refractivity contribution in [1.29, 1.82) is 0 Å². The van der Waals surface area contributed by atoms with Gasteiger partial charge in [-0.1, -0.05) is 55.5 Å². The summed E-state index contributed by atoms with van der Waals surface area (Å²) < 4.78 is 0. The van der Waals surface area contributed by atoms with E-state index in [1.54, 1.807) is 6.08 Å². The number of hydrogen-bond donors (Lipinski definition) is 1. The van der Waals surface area contributed by atoms with Crippen LogP contribution in [-0.4, -0.2) is 5.11 Å². The van der Waals surface area contributed by atoms with Gasteiger partial charge in [0.15, 0.2) is 0 Å². The van der Waals surface area contributed by atoms with Crippen LogP contribution >= 0.6 is 0 Å². The summed E-state index contributed by atoms with van der Waals surface area (Å²) in [7, 11) is 0.